The van der Waals surface area contributed by atoms with Crippen LogP contribution in [0.3, 0.4) is 0 Å². The SMILES string of the molecule is COc1ccccc1/C=C1\SC(=O)N(CC(=O)NCCCN(C)C)C1=O. The second kappa shape index (κ2) is 9.40. The van der Waals surface area contributed by atoms with E-state index in [-0.39, 0.29) is 17.4 Å². The highest BCUT2D eigenvalue weighted by Gasteiger charge is 2.36. The van der Waals surface area contributed by atoms with Crippen LogP contribution in [-0.2, 0) is 9.59 Å². The van der Waals surface area contributed by atoms with Crippen molar-refractivity contribution in [1.29, 1.82) is 0 Å². The topological polar surface area (TPSA) is 79.0 Å². The van der Waals surface area contributed by atoms with E-state index in [1.54, 1.807) is 25.3 Å². The molecule has 1 saturated heterocycles. The van der Waals surface area contributed by atoms with E-state index in [1.807, 2.05) is 31.1 Å². The van der Waals surface area contributed by atoms with Crippen LogP contribution in [0.5, 0.6) is 5.75 Å². The Hall–Kier alpha value is -2.32. The predicted molar refractivity (Wildman–Crippen MR) is 102 cm³/mol. The third kappa shape index (κ3) is 5.34. The molecule has 3 amide bonds. The molecule has 0 radical (unpaired) electrons. The summed E-state index contributed by atoms with van der Waals surface area (Å²) in [6, 6.07) is 7.21. The van der Waals surface area contributed by atoms with Crippen molar-refractivity contribution < 1.29 is 19.1 Å². The minimum Gasteiger partial charge on any atom is -0.496 e. The summed E-state index contributed by atoms with van der Waals surface area (Å²) in [5, 5.41) is 2.28. The number of benzene rings is 1. The number of hydrogen-bond donors (Lipinski definition) is 1. The minimum absolute atomic E-state index is 0.268. The number of imide groups is 1. The Bertz CT molecular complexity index is 718. The number of para-hydroxylation sites is 1. The number of amides is 3. The van der Waals surface area contributed by atoms with Crippen molar-refractivity contribution in [1.82, 2.24) is 15.1 Å². The zero-order valence-corrected chi connectivity index (χ0v) is 16.0. The lowest BCUT2D eigenvalue weighted by Crippen LogP contribution is -2.40. The Labute approximate surface area is 157 Å². The van der Waals surface area contributed by atoms with Crippen molar-refractivity contribution in [2.75, 3.05) is 40.8 Å². The van der Waals surface area contributed by atoms with Gasteiger partial charge in [-0.2, -0.15) is 0 Å². The van der Waals surface area contributed by atoms with E-state index in [0.29, 0.717) is 17.9 Å². The van der Waals surface area contributed by atoms with Gasteiger partial charge in [-0.25, -0.2) is 0 Å². The van der Waals surface area contributed by atoms with Gasteiger partial charge in [-0.05, 0) is 51.0 Å². The molecule has 0 saturated carbocycles. The highest BCUT2D eigenvalue weighted by molar-refractivity contribution is 8.18. The fourth-order valence-electron chi connectivity index (χ4n) is 2.39. The van der Waals surface area contributed by atoms with E-state index in [0.717, 1.165) is 29.6 Å². The second-order valence-electron chi connectivity index (χ2n) is 6.02. The lowest BCUT2D eigenvalue weighted by atomic mass is 10.2. The molecule has 0 bridgehead atoms. The van der Waals surface area contributed by atoms with E-state index in [9.17, 15) is 14.4 Å². The lowest BCUT2D eigenvalue weighted by molar-refractivity contribution is -0.129. The average molecular weight is 377 g/mol. The van der Waals surface area contributed by atoms with Crippen molar-refractivity contribution in [2.24, 2.45) is 0 Å². The van der Waals surface area contributed by atoms with Gasteiger partial charge >= 0.3 is 0 Å². The van der Waals surface area contributed by atoms with Gasteiger partial charge in [0.15, 0.2) is 0 Å². The van der Waals surface area contributed by atoms with E-state index < -0.39 is 11.1 Å². The van der Waals surface area contributed by atoms with Gasteiger partial charge in [0, 0.05) is 12.1 Å². The van der Waals surface area contributed by atoms with Crippen molar-refractivity contribution in [3.8, 4) is 5.75 Å². The Morgan fingerprint density at radius 3 is 2.73 bits per heavy atom. The first kappa shape index (κ1) is 20.0. The Morgan fingerprint density at radius 1 is 1.31 bits per heavy atom. The molecule has 0 aliphatic carbocycles. The maximum Gasteiger partial charge on any atom is 0.294 e. The Kier molecular flexibility index (Phi) is 7.23. The van der Waals surface area contributed by atoms with Gasteiger partial charge in [-0.3, -0.25) is 19.3 Å². The summed E-state index contributed by atoms with van der Waals surface area (Å²) in [6.07, 6.45) is 2.41. The van der Waals surface area contributed by atoms with Crippen LogP contribution in [0.2, 0.25) is 0 Å². The minimum atomic E-state index is -0.464. The molecule has 0 spiro atoms. The van der Waals surface area contributed by atoms with E-state index >= 15 is 0 Å². The number of ether oxygens (including phenoxy) is 1. The summed E-state index contributed by atoms with van der Waals surface area (Å²) in [4.78, 5) is 39.8. The zero-order valence-electron chi connectivity index (χ0n) is 15.2. The van der Waals surface area contributed by atoms with Crippen LogP contribution in [0.15, 0.2) is 29.2 Å². The van der Waals surface area contributed by atoms with Gasteiger partial charge < -0.3 is 15.0 Å². The number of hydrogen-bond acceptors (Lipinski definition) is 6. The predicted octanol–water partition coefficient (Wildman–Crippen LogP) is 1.80. The Morgan fingerprint density at radius 2 is 2.04 bits per heavy atom. The number of methoxy groups -OCH3 is 1. The summed E-state index contributed by atoms with van der Waals surface area (Å²) in [5.74, 6) is -0.197. The maximum atomic E-state index is 12.5. The summed E-state index contributed by atoms with van der Waals surface area (Å²) in [7, 11) is 5.45. The van der Waals surface area contributed by atoms with Gasteiger partial charge in [-0.15, -0.1) is 0 Å². The molecule has 1 aromatic rings. The molecule has 2 rings (SSSR count). The average Bonchev–Trinajstić information content (AvgIpc) is 2.86. The third-order valence-electron chi connectivity index (χ3n) is 3.71. The van der Waals surface area contributed by atoms with Crippen molar-refractivity contribution in [3.05, 3.63) is 34.7 Å². The summed E-state index contributed by atoms with van der Waals surface area (Å²) >= 11 is 0.826. The molecule has 1 N–H and O–H groups in total. The van der Waals surface area contributed by atoms with E-state index in [4.69, 9.17) is 4.74 Å². The largest absolute Gasteiger partial charge is 0.496 e. The van der Waals surface area contributed by atoms with Crippen LogP contribution < -0.4 is 10.1 Å². The molecule has 0 aromatic heterocycles. The lowest BCUT2D eigenvalue weighted by Gasteiger charge is -2.13. The van der Waals surface area contributed by atoms with Gasteiger partial charge in [0.2, 0.25) is 5.91 Å². The molecule has 0 atom stereocenters. The van der Waals surface area contributed by atoms with E-state index in [1.165, 1.54) is 0 Å². The smallest absolute Gasteiger partial charge is 0.294 e. The number of carbonyl (C=O) groups excluding carboxylic acids is 3. The van der Waals surface area contributed by atoms with Crippen LogP contribution in [0, 0.1) is 0 Å². The first-order valence-electron chi connectivity index (χ1n) is 8.22. The van der Waals surface area contributed by atoms with Gasteiger partial charge in [0.25, 0.3) is 11.1 Å². The number of rotatable bonds is 8. The number of carbonyl (C=O) groups is 3. The monoisotopic (exact) mass is 377 g/mol. The van der Waals surface area contributed by atoms with Gasteiger partial charge in [0.05, 0.1) is 12.0 Å². The van der Waals surface area contributed by atoms with Crippen LogP contribution >= 0.6 is 11.8 Å². The molecule has 1 fully saturated rings. The fraction of sp³-hybridized carbons (Fsp3) is 0.389. The molecule has 1 aromatic carbocycles. The number of thioether (sulfide) groups is 1. The van der Waals surface area contributed by atoms with Crippen molar-refractivity contribution >= 4 is 34.9 Å². The first-order valence-corrected chi connectivity index (χ1v) is 9.04. The standard InChI is InChI=1S/C18H23N3O4S/c1-20(2)10-6-9-19-16(22)12-21-17(23)15(26-18(21)24)11-13-7-4-5-8-14(13)25-3/h4-5,7-8,11H,6,9-10,12H2,1-3H3,(H,19,22)/b15-11-. The molecule has 8 heteroatoms. The molecule has 26 heavy (non-hydrogen) atoms. The summed E-state index contributed by atoms with van der Waals surface area (Å²) in [5.41, 5.74) is 0.702. The highest BCUT2D eigenvalue weighted by Crippen LogP contribution is 2.33. The van der Waals surface area contributed by atoms with Crippen LogP contribution in [0.4, 0.5) is 4.79 Å². The fourth-order valence-corrected chi connectivity index (χ4v) is 3.21. The molecule has 1 aliphatic rings. The summed E-state index contributed by atoms with van der Waals surface area (Å²) in [6.45, 7) is 1.09. The molecule has 0 unspecified atom stereocenters. The van der Waals surface area contributed by atoms with Crippen molar-refractivity contribution in [3.63, 3.8) is 0 Å². The Balaban J connectivity index is 1.98. The van der Waals surface area contributed by atoms with Gasteiger partial charge in [0.1, 0.15) is 12.3 Å². The molecular formula is C18H23N3O4S. The van der Waals surface area contributed by atoms with Crippen LogP contribution in [0.25, 0.3) is 6.08 Å². The summed E-state index contributed by atoms with van der Waals surface area (Å²) < 4.78 is 5.25. The van der Waals surface area contributed by atoms with Gasteiger partial charge in [-0.1, -0.05) is 18.2 Å². The molecule has 1 aliphatic heterocycles. The first-order chi connectivity index (χ1) is 12.4. The third-order valence-corrected chi connectivity index (χ3v) is 4.61. The molecule has 7 nitrogen and oxygen atoms in total. The zero-order chi connectivity index (χ0) is 19.1. The van der Waals surface area contributed by atoms with Crippen LogP contribution in [0.1, 0.15) is 12.0 Å². The normalized spacial score (nSPS) is 15.8. The number of nitrogens with zero attached hydrogens (tertiary/aromatic N) is 2. The van der Waals surface area contributed by atoms with Crippen LogP contribution in [-0.4, -0.2) is 67.7 Å². The molecule has 1 heterocycles. The number of nitrogens with one attached hydrogen (secondary N) is 1. The highest BCUT2D eigenvalue weighted by atomic mass is 32.2. The van der Waals surface area contributed by atoms with E-state index in [2.05, 4.69) is 5.32 Å². The van der Waals surface area contributed by atoms with Crippen molar-refractivity contribution in [2.45, 2.75) is 6.42 Å². The second-order valence-corrected chi connectivity index (χ2v) is 7.01. The maximum absolute atomic E-state index is 12.5. The quantitative estimate of drug-likeness (QED) is 0.550. The molecular weight excluding hydrogens is 354 g/mol. The molecule has 140 valence electrons.